The predicted molar refractivity (Wildman–Crippen MR) is 97.2 cm³/mol. The van der Waals surface area contributed by atoms with Gasteiger partial charge in [-0.05, 0) is 55.3 Å². The van der Waals surface area contributed by atoms with Crippen molar-refractivity contribution in [2.45, 2.75) is 13.8 Å². The third-order valence-electron chi connectivity index (χ3n) is 3.75. The van der Waals surface area contributed by atoms with Gasteiger partial charge in [-0.15, -0.1) is 0 Å². The van der Waals surface area contributed by atoms with Crippen LogP contribution in [-0.4, -0.2) is 5.84 Å². The molecule has 2 N–H and O–H groups in total. The molecule has 0 bridgehead atoms. The van der Waals surface area contributed by atoms with Crippen molar-refractivity contribution in [3.63, 3.8) is 0 Å². The van der Waals surface area contributed by atoms with Crippen LogP contribution in [0.1, 0.15) is 16.7 Å². The summed E-state index contributed by atoms with van der Waals surface area (Å²) in [4.78, 5) is 3.54. The molecule has 0 heterocycles. The van der Waals surface area contributed by atoms with Gasteiger partial charge in [0, 0.05) is 0 Å². The van der Waals surface area contributed by atoms with Gasteiger partial charge in [-0.1, -0.05) is 48.5 Å². The van der Waals surface area contributed by atoms with Crippen LogP contribution in [0.15, 0.2) is 78.9 Å². The zero-order valence-corrected chi connectivity index (χ0v) is 13.5. The zero-order chi connectivity index (χ0) is 16.1. The van der Waals surface area contributed by atoms with Crippen LogP contribution in [0.2, 0.25) is 0 Å². The number of nitrogens with one attached hydrogen (secondary N) is 2. The first-order valence-electron chi connectivity index (χ1n) is 7.81. The van der Waals surface area contributed by atoms with Crippen molar-refractivity contribution in [3.8, 4) is 0 Å². The van der Waals surface area contributed by atoms with E-state index in [2.05, 4.69) is 78.8 Å². The first kappa shape index (κ1) is 15.0. The fraction of sp³-hybridized carbons (Fsp3) is 0.0952. The minimum Gasteiger partial charge on any atom is -0.240 e. The summed E-state index contributed by atoms with van der Waals surface area (Å²) >= 11 is 0. The Morgan fingerprint density at radius 1 is 0.783 bits per heavy atom. The Morgan fingerprint density at radius 3 is 2.26 bits per heavy atom. The normalized spacial score (nSPS) is 11.3. The number of rotatable bonds is 3. The smallest absolute Gasteiger partial charge is 0.240 e. The van der Waals surface area contributed by atoms with Gasteiger partial charge < -0.3 is 0 Å². The van der Waals surface area contributed by atoms with E-state index >= 15 is 0 Å². The van der Waals surface area contributed by atoms with E-state index in [1.807, 2.05) is 24.3 Å². The van der Waals surface area contributed by atoms with Crippen molar-refractivity contribution in [3.05, 3.63) is 95.6 Å². The van der Waals surface area contributed by atoms with E-state index in [-0.39, 0.29) is 0 Å². The van der Waals surface area contributed by atoms with E-state index in [9.17, 15) is 0 Å². The van der Waals surface area contributed by atoms with E-state index in [0.717, 1.165) is 22.8 Å². The van der Waals surface area contributed by atoms with Crippen molar-refractivity contribution >= 4 is 17.2 Å². The Kier molecular flexibility index (Phi) is 4.53. The minimum absolute atomic E-state index is 0.977. The molecule has 0 saturated heterocycles. The first-order valence-corrected chi connectivity index (χ1v) is 7.81. The fourth-order valence-electron chi connectivity index (χ4n) is 2.50. The molecule has 2 heteroatoms. The Hall–Kier alpha value is -2.87. The highest BCUT2D eigenvalue weighted by Gasteiger charge is 2.12. The molecule has 0 spiro atoms. The number of para-hydroxylation sites is 1. The van der Waals surface area contributed by atoms with Crippen LogP contribution in [0.4, 0.5) is 11.4 Å². The molecule has 3 aromatic rings. The Balaban J connectivity index is 2.02. The molecule has 0 atom stereocenters. The lowest BCUT2D eigenvalue weighted by molar-refractivity contribution is -0.353. The van der Waals surface area contributed by atoms with E-state index < -0.39 is 0 Å². The highest BCUT2D eigenvalue weighted by Crippen LogP contribution is 2.11. The van der Waals surface area contributed by atoms with E-state index in [1.54, 1.807) is 0 Å². The van der Waals surface area contributed by atoms with Crippen LogP contribution in [0.25, 0.3) is 0 Å². The number of aryl methyl sites for hydroxylation is 2. The number of hydrogen-bond donors (Lipinski definition) is 2. The molecular weight excluding hydrogens is 280 g/mol. The van der Waals surface area contributed by atoms with Crippen LogP contribution in [-0.2, 0) is 0 Å². The number of amidine groups is 1. The molecule has 0 aromatic heterocycles. The lowest BCUT2D eigenvalue weighted by Crippen LogP contribution is -2.69. The summed E-state index contributed by atoms with van der Waals surface area (Å²) in [5.41, 5.74) is 5.75. The predicted octanol–water partition coefficient (Wildman–Crippen LogP) is 3.57. The quantitative estimate of drug-likeness (QED) is 0.561. The summed E-state index contributed by atoms with van der Waals surface area (Å²) < 4.78 is 0. The lowest BCUT2D eigenvalue weighted by Gasteiger charge is -2.06. The third kappa shape index (κ3) is 3.86. The summed E-state index contributed by atoms with van der Waals surface area (Å²) in [5.74, 6) is 0.977. The molecule has 0 radical (unpaired) electrons. The third-order valence-corrected chi connectivity index (χ3v) is 3.75. The maximum atomic E-state index is 3.54. The van der Waals surface area contributed by atoms with Gasteiger partial charge in [0.15, 0.2) is 0 Å². The van der Waals surface area contributed by atoms with Crippen molar-refractivity contribution < 1.29 is 4.99 Å². The fourth-order valence-corrected chi connectivity index (χ4v) is 2.50. The van der Waals surface area contributed by atoms with Crippen molar-refractivity contribution in [2.75, 3.05) is 5.32 Å². The van der Waals surface area contributed by atoms with Crippen molar-refractivity contribution in [2.24, 2.45) is 0 Å². The molecule has 114 valence electrons. The lowest BCUT2D eigenvalue weighted by atomic mass is 10.1. The van der Waals surface area contributed by atoms with Gasteiger partial charge in [-0.3, -0.25) is 0 Å². The largest absolute Gasteiger partial charge is 0.285 e. The Labute approximate surface area is 137 Å². The Bertz CT molecular complexity index is 820. The van der Waals surface area contributed by atoms with Gasteiger partial charge in [0.25, 0.3) is 5.84 Å². The molecule has 3 rings (SSSR count). The molecule has 0 amide bonds. The monoisotopic (exact) mass is 301 g/mol. The molecule has 0 fully saturated rings. The molecule has 0 aliphatic rings. The highest BCUT2D eigenvalue weighted by molar-refractivity contribution is 6.04. The van der Waals surface area contributed by atoms with Crippen LogP contribution in [0, 0.1) is 13.8 Å². The van der Waals surface area contributed by atoms with Crippen LogP contribution < -0.4 is 10.3 Å². The van der Waals surface area contributed by atoms with E-state index in [4.69, 9.17) is 0 Å². The summed E-state index contributed by atoms with van der Waals surface area (Å²) in [5, 5.41) is 3.52. The van der Waals surface area contributed by atoms with Gasteiger partial charge in [0.2, 0.25) is 0 Å². The summed E-state index contributed by atoms with van der Waals surface area (Å²) in [7, 11) is 0. The zero-order valence-electron chi connectivity index (χ0n) is 13.5. The maximum Gasteiger partial charge on any atom is 0.285 e. The van der Waals surface area contributed by atoms with Gasteiger partial charge in [0.1, 0.15) is 11.4 Å². The molecule has 0 aliphatic carbocycles. The molecule has 0 aliphatic heterocycles. The SMILES string of the molecule is Cc1cccc(NC(=[NH+]c2ccccc2C)c2ccccc2)c1. The molecule has 2 nitrogen and oxygen atoms in total. The van der Waals surface area contributed by atoms with Crippen molar-refractivity contribution in [1.82, 2.24) is 0 Å². The number of benzene rings is 3. The van der Waals surface area contributed by atoms with Gasteiger partial charge in [-0.25, -0.2) is 10.3 Å². The minimum atomic E-state index is 0.977. The van der Waals surface area contributed by atoms with Crippen LogP contribution >= 0.6 is 0 Å². The molecule has 23 heavy (non-hydrogen) atoms. The second-order valence-corrected chi connectivity index (χ2v) is 5.68. The second-order valence-electron chi connectivity index (χ2n) is 5.68. The van der Waals surface area contributed by atoms with Gasteiger partial charge in [-0.2, -0.15) is 0 Å². The summed E-state index contributed by atoms with van der Waals surface area (Å²) in [6.45, 7) is 4.21. The summed E-state index contributed by atoms with van der Waals surface area (Å²) in [6.07, 6.45) is 0. The van der Waals surface area contributed by atoms with E-state index in [0.29, 0.717) is 0 Å². The average Bonchev–Trinajstić information content (AvgIpc) is 2.57. The maximum absolute atomic E-state index is 3.54. The molecule has 3 aromatic carbocycles. The highest BCUT2D eigenvalue weighted by atomic mass is 15.0. The Morgan fingerprint density at radius 2 is 1.52 bits per heavy atom. The van der Waals surface area contributed by atoms with E-state index in [1.165, 1.54) is 11.1 Å². The second kappa shape index (κ2) is 6.93. The standard InChI is InChI=1S/C21H20N2/c1-16-9-8-13-19(15-16)22-21(18-11-4-3-5-12-18)23-20-14-7-6-10-17(20)2/h3-15H,1-2H3,(H,22,23)/p+1. The van der Waals surface area contributed by atoms with Crippen LogP contribution in [0.3, 0.4) is 0 Å². The summed E-state index contributed by atoms with van der Waals surface area (Å²) in [6, 6.07) is 27.0. The van der Waals surface area contributed by atoms with Crippen LogP contribution in [0.5, 0.6) is 0 Å². The number of hydrogen-bond acceptors (Lipinski definition) is 0. The van der Waals surface area contributed by atoms with Gasteiger partial charge in [0.05, 0.1) is 5.56 Å². The molecular formula is C21H21N2+. The molecule has 0 unspecified atom stereocenters. The molecule has 0 saturated carbocycles. The number of anilines is 1. The first-order chi connectivity index (χ1) is 11.2. The average molecular weight is 301 g/mol. The van der Waals surface area contributed by atoms with Gasteiger partial charge >= 0.3 is 0 Å². The van der Waals surface area contributed by atoms with Crippen molar-refractivity contribution in [1.29, 1.82) is 0 Å². The topological polar surface area (TPSA) is 26.0 Å².